The minimum atomic E-state index is 0.316. The molecule has 0 bridgehead atoms. The van der Waals surface area contributed by atoms with E-state index in [1.165, 1.54) is 0 Å². The smallest absolute Gasteiger partial charge is 0.194 e. The third kappa shape index (κ3) is 2.08. The van der Waals surface area contributed by atoms with E-state index in [4.69, 9.17) is 9.68 Å². The molecule has 3 nitrogen and oxygen atoms in total. The third-order valence-corrected chi connectivity index (χ3v) is 1.32. The number of hydrogen-bond acceptors (Lipinski definition) is 3. The highest BCUT2D eigenvalue weighted by Crippen LogP contribution is 2.05. The molecule has 0 radical (unpaired) electrons. The van der Waals surface area contributed by atoms with Crippen molar-refractivity contribution < 1.29 is 4.42 Å². The maximum Gasteiger partial charge on any atom is 0.194 e. The number of oxazole rings is 1. The van der Waals surface area contributed by atoms with Gasteiger partial charge in [-0.05, 0) is 6.42 Å². The van der Waals surface area contributed by atoms with E-state index in [0.717, 1.165) is 18.7 Å². The molecule has 0 saturated heterocycles. The third-order valence-electron chi connectivity index (χ3n) is 1.32. The Morgan fingerprint density at radius 1 is 1.73 bits per heavy atom. The summed E-state index contributed by atoms with van der Waals surface area (Å²) in [5.74, 6) is 1.40. The van der Waals surface area contributed by atoms with Crippen molar-refractivity contribution in [2.24, 2.45) is 0 Å². The second-order valence-electron chi connectivity index (χ2n) is 2.31. The molecule has 3 heteroatoms. The molecular weight excluding hydrogens is 140 g/mol. The van der Waals surface area contributed by atoms with E-state index in [1.807, 2.05) is 6.07 Å². The van der Waals surface area contributed by atoms with Gasteiger partial charge in [-0.25, -0.2) is 4.98 Å². The fourth-order valence-corrected chi connectivity index (χ4v) is 0.837. The Bertz CT molecular complexity index is 259. The van der Waals surface area contributed by atoms with Crippen molar-refractivity contribution in [1.29, 1.82) is 5.26 Å². The van der Waals surface area contributed by atoms with Crippen LogP contribution in [0.3, 0.4) is 0 Å². The number of aryl methyl sites for hydroxylation is 1. The summed E-state index contributed by atoms with van der Waals surface area (Å²) in [5.41, 5.74) is 0. The zero-order valence-electron chi connectivity index (χ0n) is 6.50. The van der Waals surface area contributed by atoms with Gasteiger partial charge in [-0.2, -0.15) is 5.26 Å². The standard InChI is InChI=1S/C8H10N2O/c1-2-3-8-10-6-7(11-8)4-5-9/h6H,2-4H2,1H3. The van der Waals surface area contributed by atoms with E-state index in [2.05, 4.69) is 11.9 Å². The molecule has 0 aliphatic rings. The molecule has 0 aliphatic carbocycles. The number of aromatic nitrogens is 1. The predicted molar refractivity (Wildman–Crippen MR) is 39.8 cm³/mol. The highest BCUT2D eigenvalue weighted by Gasteiger charge is 2.00. The van der Waals surface area contributed by atoms with Crippen LogP contribution in [-0.4, -0.2) is 4.98 Å². The molecule has 0 fully saturated rings. The molecule has 0 atom stereocenters. The van der Waals surface area contributed by atoms with Crippen LogP contribution in [0.25, 0.3) is 0 Å². The van der Waals surface area contributed by atoms with E-state index >= 15 is 0 Å². The summed E-state index contributed by atoms with van der Waals surface area (Å²) in [5, 5.41) is 8.32. The van der Waals surface area contributed by atoms with Gasteiger partial charge in [0.05, 0.1) is 18.7 Å². The maximum atomic E-state index is 8.32. The van der Waals surface area contributed by atoms with Crippen LogP contribution in [0, 0.1) is 11.3 Å². The van der Waals surface area contributed by atoms with E-state index in [9.17, 15) is 0 Å². The highest BCUT2D eigenvalue weighted by atomic mass is 16.4. The van der Waals surface area contributed by atoms with Gasteiger partial charge in [-0.15, -0.1) is 0 Å². The van der Waals surface area contributed by atoms with Gasteiger partial charge in [0.25, 0.3) is 0 Å². The molecule has 1 heterocycles. The Morgan fingerprint density at radius 3 is 3.18 bits per heavy atom. The van der Waals surface area contributed by atoms with Crippen molar-refractivity contribution in [3.63, 3.8) is 0 Å². The largest absolute Gasteiger partial charge is 0.445 e. The zero-order valence-corrected chi connectivity index (χ0v) is 6.50. The first-order valence-electron chi connectivity index (χ1n) is 3.67. The van der Waals surface area contributed by atoms with Crippen molar-refractivity contribution in [3.05, 3.63) is 17.8 Å². The average Bonchev–Trinajstić information content (AvgIpc) is 2.38. The van der Waals surface area contributed by atoms with Gasteiger partial charge in [0.15, 0.2) is 5.89 Å². The molecule has 0 N–H and O–H groups in total. The van der Waals surface area contributed by atoms with Crippen LogP contribution in [0.2, 0.25) is 0 Å². The highest BCUT2D eigenvalue weighted by molar-refractivity contribution is 5.00. The number of nitrogens with zero attached hydrogens (tertiary/aromatic N) is 2. The fraction of sp³-hybridized carbons (Fsp3) is 0.500. The lowest BCUT2D eigenvalue weighted by Crippen LogP contribution is -1.79. The molecular formula is C8H10N2O. The van der Waals surface area contributed by atoms with Crippen molar-refractivity contribution in [2.45, 2.75) is 26.2 Å². The molecule has 0 spiro atoms. The van der Waals surface area contributed by atoms with Gasteiger partial charge in [0.1, 0.15) is 5.76 Å². The van der Waals surface area contributed by atoms with E-state index in [0.29, 0.717) is 12.2 Å². The van der Waals surface area contributed by atoms with Gasteiger partial charge in [-0.3, -0.25) is 0 Å². The van der Waals surface area contributed by atoms with Crippen molar-refractivity contribution >= 4 is 0 Å². The molecule has 0 saturated carbocycles. The molecule has 0 aromatic carbocycles. The topological polar surface area (TPSA) is 49.8 Å². The van der Waals surface area contributed by atoms with Gasteiger partial charge in [-0.1, -0.05) is 6.92 Å². The second kappa shape index (κ2) is 3.77. The molecule has 1 aromatic rings. The summed E-state index contributed by atoms with van der Waals surface area (Å²) in [4.78, 5) is 4.01. The van der Waals surface area contributed by atoms with Crippen molar-refractivity contribution in [2.75, 3.05) is 0 Å². The van der Waals surface area contributed by atoms with E-state index < -0.39 is 0 Å². The first-order valence-corrected chi connectivity index (χ1v) is 3.67. The van der Waals surface area contributed by atoms with Crippen LogP contribution in [0.4, 0.5) is 0 Å². The monoisotopic (exact) mass is 150 g/mol. The van der Waals surface area contributed by atoms with E-state index in [-0.39, 0.29) is 0 Å². The average molecular weight is 150 g/mol. The van der Waals surface area contributed by atoms with Crippen LogP contribution in [0.5, 0.6) is 0 Å². The SMILES string of the molecule is CCCc1ncc(CC#N)o1. The fourth-order valence-electron chi connectivity index (χ4n) is 0.837. The Balaban J connectivity index is 2.60. The van der Waals surface area contributed by atoms with Gasteiger partial charge >= 0.3 is 0 Å². The molecule has 58 valence electrons. The lowest BCUT2D eigenvalue weighted by Gasteiger charge is -1.87. The Labute approximate surface area is 65.7 Å². The molecule has 0 aliphatic heterocycles. The van der Waals surface area contributed by atoms with E-state index in [1.54, 1.807) is 6.20 Å². The maximum absolute atomic E-state index is 8.32. The number of nitriles is 1. The second-order valence-corrected chi connectivity index (χ2v) is 2.31. The summed E-state index contributed by atoms with van der Waals surface area (Å²) < 4.78 is 5.23. The van der Waals surface area contributed by atoms with Gasteiger partial charge in [0, 0.05) is 6.42 Å². The zero-order chi connectivity index (χ0) is 8.10. The molecule has 1 aromatic heterocycles. The molecule has 0 unspecified atom stereocenters. The summed E-state index contributed by atoms with van der Waals surface area (Å²) in [6.45, 7) is 2.06. The predicted octanol–water partition coefficient (Wildman–Crippen LogP) is 1.69. The summed E-state index contributed by atoms with van der Waals surface area (Å²) in [7, 11) is 0. The van der Waals surface area contributed by atoms with Crippen LogP contribution < -0.4 is 0 Å². The number of rotatable bonds is 3. The summed E-state index contributed by atoms with van der Waals surface area (Å²) >= 11 is 0. The van der Waals surface area contributed by atoms with Crippen LogP contribution >= 0.6 is 0 Å². The summed E-state index contributed by atoms with van der Waals surface area (Å²) in [6.07, 6.45) is 3.81. The minimum Gasteiger partial charge on any atom is -0.445 e. The minimum absolute atomic E-state index is 0.316. The lowest BCUT2D eigenvalue weighted by atomic mass is 10.3. The van der Waals surface area contributed by atoms with Crippen molar-refractivity contribution in [1.82, 2.24) is 4.98 Å². The molecule has 1 rings (SSSR count). The van der Waals surface area contributed by atoms with Gasteiger partial charge in [0.2, 0.25) is 0 Å². The Kier molecular flexibility index (Phi) is 2.67. The van der Waals surface area contributed by atoms with Crippen LogP contribution in [-0.2, 0) is 12.8 Å². The summed E-state index contributed by atoms with van der Waals surface area (Å²) in [6, 6.07) is 2.01. The van der Waals surface area contributed by atoms with Gasteiger partial charge < -0.3 is 4.42 Å². The van der Waals surface area contributed by atoms with Crippen LogP contribution in [0.1, 0.15) is 25.0 Å². The number of hydrogen-bond donors (Lipinski definition) is 0. The quantitative estimate of drug-likeness (QED) is 0.658. The first kappa shape index (κ1) is 7.80. The molecule has 11 heavy (non-hydrogen) atoms. The lowest BCUT2D eigenvalue weighted by molar-refractivity contribution is 0.462. The first-order chi connectivity index (χ1) is 5.36. The Morgan fingerprint density at radius 2 is 2.55 bits per heavy atom. The van der Waals surface area contributed by atoms with Crippen molar-refractivity contribution in [3.8, 4) is 6.07 Å². The van der Waals surface area contributed by atoms with Crippen LogP contribution in [0.15, 0.2) is 10.6 Å². The molecule has 0 amide bonds. The Hall–Kier alpha value is -1.30. The normalized spacial score (nSPS) is 9.45.